The molecule has 10 nitrogen and oxygen atoms in total. The molecule has 3 rings (SSSR count). The van der Waals surface area contributed by atoms with Crippen LogP contribution in [0.3, 0.4) is 0 Å². The molecule has 0 amide bonds. The van der Waals surface area contributed by atoms with Crippen LogP contribution < -0.4 is 10.4 Å². The summed E-state index contributed by atoms with van der Waals surface area (Å²) in [7, 11) is -7.17. The second kappa shape index (κ2) is 19.5. The summed E-state index contributed by atoms with van der Waals surface area (Å²) in [4.78, 5) is 0. The van der Waals surface area contributed by atoms with E-state index in [0.717, 1.165) is 0 Å². The Balaban J connectivity index is 2.39. The van der Waals surface area contributed by atoms with Crippen molar-refractivity contribution in [3.63, 3.8) is 0 Å². The topological polar surface area (TPSA) is 121 Å². The smallest absolute Gasteiger partial charge is 0.332 e. The van der Waals surface area contributed by atoms with Crippen LogP contribution in [-0.4, -0.2) is 87.9 Å². The summed E-state index contributed by atoms with van der Waals surface area (Å²) in [5.74, 6) is 0. The van der Waals surface area contributed by atoms with Gasteiger partial charge in [-0.05, 0) is 42.4 Å². The van der Waals surface area contributed by atoms with Gasteiger partial charge in [-0.2, -0.15) is 10.5 Å². The zero-order valence-electron chi connectivity index (χ0n) is 34.4. The van der Waals surface area contributed by atoms with Gasteiger partial charge in [0.15, 0.2) is 8.32 Å². The number of hydrogen-bond donors (Lipinski definition) is 0. The average Bonchev–Trinajstić information content (AvgIpc) is 3.36. The lowest BCUT2D eigenvalue weighted by Crippen LogP contribution is -2.69. The minimum absolute atomic E-state index is 0.0150. The van der Waals surface area contributed by atoms with E-state index in [2.05, 4.69) is 122 Å². The summed E-state index contributed by atoms with van der Waals surface area (Å²) in [6, 6.07) is 25.5. The molecule has 53 heavy (non-hydrogen) atoms. The second-order valence-electron chi connectivity index (χ2n) is 15.9. The van der Waals surface area contributed by atoms with Crippen molar-refractivity contribution in [2.75, 3.05) is 33.5 Å². The van der Waals surface area contributed by atoms with Gasteiger partial charge in [0.1, 0.15) is 27.6 Å². The Bertz CT molecular complexity index is 1550. The first-order valence-electron chi connectivity index (χ1n) is 18.9. The molecule has 1 aliphatic rings. The molecular formula is C38H61BN2O8P2Si2. The van der Waals surface area contributed by atoms with E-state index in [4.69, 9.17) is 37.7 Å². The van der Waals surface area contributed by atoms with E-state index in [0.29, 0.717) is 6.04 Å². The van der Waals surface area contributed by atoms with Crippen LogP contribution in [0.1, 0.15) is 62.7 Å². The average molecular weight is 804 g/mol. The zero-order chi connectivity index (χ0) is 40.3. The molecule has 1 fully saturated rings. The van der Waals surface area contributed by atoms with Crippen LogP contribution in [-0.2, 0) is 36.3 Å². The number of nitrogens with zero attached hydrogens (tertiary/aromatic N) is 2. The molecule has 3 unspecified atom stereocenters. The van der Waals surface area contributed by atoms with Crippen LogP contribution in [0, 0.1) is 22.7 Å². The fraction of sp³-hybridized carbons (Fsp3) is 0.605. The highest BCUT2D eigenvalue weighted by molar-refractivity contribution is 7.59. The van der Waals surface area contributed by atoms with Crippen molar-refractivity contribution < 1.29 is 37.7 Å². The molecule has 0 N–H and O–H groups in total. The number of ether oxygens (including phenoxy) is 1. The molecule has 1 aliphatic heterocycles. The monoisotopic (exact) mass is 803 g/mol. The fourth-order valence-electron chi connectivity index (χ4n) is 6.63. The molecule has 2 aromatic carbocycles. The Morgan fingerprint density at radius 3 is 1.98 bits per heavy atom. The van der Waals surface area contributed by atoms with Gasteiger partial charge in [0.25, 0.3) is 7.57 Å². The molecule has 292 valence electrons. The van der Waals surface area contributed by atoms with Gasteiger partial charge >= 0.3 is 8.60 Å². The van der Waals surface area contributed by atoms with E-state index < -0.39 is 56.4 Å². The highest BCUT2D eigenvalue weighted by Gasteiger charge is 2.64. The van der Waals surface area contributed by atoms with Crippen LogP contribution in [0.5, 0.6) is 0 Å². The van der Waals surface area contributed by atoms with Crippen LogP contribution in [0.2, 0.25) is 29.2 Å². The van der Waals surface area contributed by atoms with Gasteiger partial charge in [-0.25, -0.2) is 0 Å². The number of nitriles is 2. The predicted octanol–water partition coefficient (Wildman–Crippen LogP) is 7.54. The molecule has 15 heteroatoms. The number of rotatable bonds is 20. The Morgan fingerprint density at radius 2 is 1.49 bits per heavy atom. The van der Waals surface area contributed by atoms with Crippen molar-refractivity contribution in [1.29, 1.82) is 10.5 Å². The third-order valence-corrected chi connectivity index (χ3v) is 24.0. The van der Waals surface area contributed by atoms with Crippen LogP contribution in [0.4, 0.5) is 0 Å². The highest BCUT2D eigenvalue weighted by Crippen LogP contribution is 2.57. The molecule has 0 spiro atoms. The molecule has 1 saturated heterocycles. The van der Waals surface area contributed by atoms with Crippen molar-refractivity contribution >= 4 is 57.1 Å². The predicted molar refractivity (Wildman–Crippen MR) is 223 cm³/mol. The summed E-state index contributed by atoms with van der Waals surface area (Å²) in [6.45, 7) is 18.2. The Hall–Kier alpha value is -1.67. The third kappa shape index (κ3) is 11.2. The van der Waals surface area contributed by atoms with Crippen LogP contribution in [0.25, 0.3) is 0 Å². The van der Waals surface area contributed by atoms with E-state index in [1.165, 1.54) is 17.5 Å². The Kier molecular flexibility index (Phi) is 16.2. The maximum atomic E-state index is 9.35. The van der Waals surface area contributed by atoms with E-state index in [1.807, 2.05) is 20.0 Å². The molecule has 0 aliphatic carbocycles. The third-order valence-electron chi connectivity index (χ3n) is 10.4. The van der Waals surface area contributed by atoms with Gasteiger partial charge in [-0.15, -0.1) is 0 Å². The van der Waals surface area contributed by atoms with E-state index in [-0.39, 0.29) is 56.2 Å². The van der Waals surface area contributed by atoms with Gasteiger partial charge in [0, 0.05) is 8.48 Å². The van der Waals surface area contributed by atoms with Crippen molar-refractivity contribution in [2.45, 2.75) is 114 Å². The van der Waals surface area contributed by atoms with Gasteiger partial charge < -0.3 is 36.3 Å². The SMILES string of the molecule is [2H]CCOP(OCCC#N)OC[C@]1(C[Si](c2ccccc2)(c2ccccc2)C(C)(C)C)O[C@@H](B)C(O[Si](C)(C)C(C)(C)C)[C@H]1OP(=C)(OC)OCCC#N. The summed E-state index contributed by atoms with van der Waals surface area (Å²) in [5, 5.41) is 20.6. The molecular weight excluding hydrogens is 741 g/mol. The summed E-state index contributed by atoms with van der Waals surface area (Å²) >= 11 is 0. The van der Waals surface area contributed by atoms with Gasteiger partial charge in [-0.1, -0.05) is 113 Å². The molecule has 0 bridgehead atoms. The summed E-state index contributed by atoms with van der Waals surface area (Å²) < 4.78 is 60.2. The van der Waals surface area contributed by atoms with E-state index in [9.17, 15) is 10.5 Å². The van der Waals surface area contributed by atoms with E-state index in [1.54, 1.807) is 0 Å². The lowest BCUT2D eigenvalue weighted by Gasteiger charge is -2.50. The lowest BCUT2D eigenvalue weighted by atomic mass is 9.90. The van der Waals surface area contributed by atoms with Crippen molar-refractivity contribution in [3.8, 4) is 12.1 Å². The quantitative estimate of drug-likeness (QED) is 0.0755. The van der Waals surface area contributed by atoms with Crippen LogP contribution in [0.15, 0.2) is 60.7 Å². The molecule has 0 aromatic heterocycles. The Labute approximate surface area is 324 Å². The number of hydrogen-bond acceptors (Lipinski definition) is 10. The molecule has 0 saturated carbocycles. The second-order valence-corrected chi connectivity index (χ2v) is 28.8. The Morgan fingerprint density at radius 1 is 0.925 bits per heavy atom. The molecule has 2 aromatic rings. The standard InChI is InChI=1S/C38H61BN2O8P2Si2/c1-12-43-50(44-27-19-25-40)45-29-38(30-53(37(5,6)7,31-21-15-13-16-22-31)32-23-17-14-18-24-32)34(48-51(9,42-8)46-28-20-26-41)33(35(39)47-38)49-52(10,11)36(2,3)4/h13-18,21-24,33-35H,9,12,19-20,27-30,39H2,1-8,10-11H3/t33?,34-,35-,38-,50?,51?/m1/s1/i1D. The van der Waals surface area contributed by atoms with Gasteiger partial charge in [0.05, 0.1) is 63.5 Å². The first-order valence-corrected chi connectivity index (χ1v) is 26.1. The number of benzene rings is 2. The molecule has 1 heterocycles. The highest BCUT2D eigenvalue weighted by atomic mass is 31.2. The van der Waals surface area contributed by atoms with Crippen molar-refractivity contribution in [2.24, 2.45) is 0 Å². The molecule has 6 atom stereocenters. The fourth-order valence-corrected chi connectivity index (χ4v) is 16.0. The minimum atomic E-state index is -3.32. The largest absolute Gasteiger partial charge is 0.409 e. The van der Waals surface area contributed by atoms with Crippen molar-refractivity contribution in [3.05, 3.63) is 60.7 Å². The minimum Gasteiger partial charge on any atom is -0.409 e. The zero-order valence-corrected chi connectivity index (χ0v) is 37.2. The maximum Gasteiger partial charge on any atom is 0.332 e. The first-order chi connectivity index (χ1) is 25.3. The lowest BCUT2D eigenvalue weighted by molar-refractivity contribution is -0.0806. The van der Waals surface area contributed by atoms with Gasteiger partial charge in [0.2, 0.25) is 0 Å². The summed E-state index contributed by atoms with van der Waals surface area (Å²) in [5.41, 5.74) is -1.21. The maximum absolute atomic E-state index is 9.35. The summed E-state index contributed by atoms with van der Waals surface area (Å²) in [6.07, 6.45) is 3.25. The van der Waals surface area contributed by atoms with Crippen molar-refractivity contribution in [1.82, 2.24) is 0 Å². The van der Waals surface area contributed by atoms with E-state index >= 15 is 0 Å². The normalized spacial score (nSPS) is 23.1. The molecule has 0 radical (unpaired) electrons. The van der Waals surface area contributed by atoms with Crippen LogP contribution >= 0.6 is 16.2 Å². The first kappa shape index (κ1) is 44.0. The van der Waals surface area contributed by atoms with Gasteiger partial charge in [-0.3, -0.25) is 0 Å².